The molecule has 1 aromatic heterocycles. The van der Waals surface area contributed by atoms with Gasteiger partial charge in [-0.2, -0.15) is 4.98 Å². The fourth-order valence-corrected chi connectivity index (χ4v) is 2.34. The molecule has 1 heterocycles. The summed E-state index contributed by atoms with van der Waals surface area (Å²) in [7, 11) is 0. The highest BCUT2D eigenvalue weighted by Gasteiger charge is 2.07. The van der Waals surface area contributed by atoms with E-state index in [-0.39, 0.29) is 12.4 Å². The first-order valence-electron chi connectivity index (χ1n) is 7.09. The Kier molecular flexibility index (Phi) is 4.53. The van der Waals surface area contributed by atoms with Crippen LogP contribution in [0.15, 0.2) is 54.6 Å². The predicted molar refractivity (Wildman–Crippen MR) is 87.9 cm³/mol. The Hall–Kier alpha value is -2.46. The van der Waals surface area contributed by atoms with E-state index in [0.717, 1.165) is 16.8 Å². The van der Waals surface area contributed by atoms with Crippen LogP contribution in [-0.4, -0.2) is 9.97 Å². The third-order valence-electron chi connectivity index (χ3n) is 3.19. The number of ether oxygens (including phenoxy) is 1. The fraction of sp³-hybridized carbons (Fsp3) is 0.111. The lowest BCUT2D eigenvalue weighted by molar-refractivity contribution is 0.293. The topological polar surface area (TPSA) is 35.0 Å². The monoisotopic (exact) mass is 328 g/mol. The maximum Gasteiger partial charge on any atom is 0.217 e. The molecule has 0 aliphatic rings. The molecule has 3 aromatic rings. The molecule has 0 aliphatic carbocycles. The molecule has 0 amide bonds. The van der Waals surface area contributed by atoms with Crippen molar-refractivity contribution in [3.8, 4) is 17.3 Å². The molecule has 0 saturated heterocycles. The largest absolute Gasteiger partial charge is 0.473 e. The molecule has 0 spiro atoms. The summed E-state index contributed by atoms with van der Waals surface area (Å²) in [6.07, 6.45) is 0. The standard InChI is InChI=1S/C18H14ClFN2O/c1-12-8-17(23-11-13-4-2-7-16(20)9-13)22-18(21-12)14-5-3-6-15(19)10-14/h2-10H,11H2,1H3. The number of aromatic nitrogens is 2. The maximum absolute atomic E-state index is 13.2. The van der Waals surface area contributed by atoms with Gasteiger partial charge in [-0.25, -0.2) is 9.37 Å². The van der Waals surface area contributed by atoms with Gasteiger partial charge in [0, 0.05) is 22.3 Å². The van der Waals surface area contributed by atoms with Crippen molar-refractivity contribution in [1.29, 1.82) is 0 Å². The minimum atomic E-state index is -0.287. The first-order valence-corrected chi connectivity index (χ1v) is 7.47. The molecule has 3 rings (SSSR count). The normalized spacial score (nSPS) is 10.6. The Labute approximate surface area is 138 Å². The first-order chi connectivity index (χ1) is 11.1. The lowest BCUT2D eigenvalue weighted by Gasteiger charge is -2.08. The van der Waals surface area contributed by atoms with Gasteiger partial charge in [0.15, 0.2) is 5.82 Å². The van der Waals surface area contributed by atoms with Gasteiger partial charge >= 0.3 is 0 Å². The molecule has 0 saturated carbocycles. The SMILES string of the molecule is Cc1cc(OCc2cccc(F)c2)nc(-c2cccc(Cl)c2)n1. The minimum absolute atomic E-state index is 0.239. The lowest BCUT2D eigenvalue weighted by atomic mass is 10.2. The van der Waals surface area contributed by atoms with Gasteiger partial charge in [0.1, 0.15) is 12.4 Å². The Morgan fingerprint density at radius 2 is 1.87 bits per heavy atom. The number of nitrogens with zero attached hydrogens (tertiary/aromatic N) is 2. The zero-order chi connectivity index (χ0) is 16.2. The molecule has 0 radical (unpaired) electrons. The van der Waals surface area contributed by atoms with Crippen LogP contribution in [0.2, 0.25) is 5.02 Å². The van der Waals surface area contributed by atoms with Crippen molar-refractivity contribution in [3.05, 3.63) is 76.7 Å². The van der Waals surface area contributed by atoms with E-state index >= 15 is 0 Å². The summed E-state index contributed by atoms with van der Waals surface area (Å²) in [6.45, 7) is 2.11. The third kappa shape index (κ3) is 4.05. The third-order valence-corrected chi connectivity index (χ3v) is 3.42. The number of aryl methyl sites for hydroxylation is 1. The summed E-state index contributed by atoms with van der Waals surface area (Å²) in [5, 5.41) is 0.620. The highest BCUT2D eigenvalue weighted by molar-refractivity contribution is 6.30. The average Bonchev–Trinajstić information content (AvgIpc) is 2.52. The molecule has 3 nitrogen and oxygen atoms in total. The highest BCUT2D eigenvalue weighted by Crippen LogP contribution is 2.22. The first kappa shape index (κ1) is 15.4. The summed E-state index contributed by atoms with van der Waals surface area (Å²) >= 11 is 6.01. The smallest absolute Gasteiger partial charge is 0.217 e. The van der Waals surface area contributed by atoms with Crippen LogP contribution in [0.3, 0.4) is 0 Å². The zero-order valence-electron chi connectivity index (χ0n) is 12.5. The molecular weight excluding hydrogens is 315 g/mol. The van der Waals surface area contributed by atoms with Crippen LogP contribution >= 0.6 is 11.6 Å². The van der Waals surface area contributed by atoms with Crippen molar-refractivity contribution < 1.29 is 9.13 Å². The maximum atomic E-state index is 13.2. The Balaban J connectivity index is 1.83. The van der Waals surface area contributed by atoms with Gasteiger partial charge in [-0.1, -0.05) is 35.9 Å². The lowest BCUT2D eigenvalue weighted by Crippen LogP contribution is -2.01. The van der Waals surface area contributed by atoms with Gasteiger partial charge in [-0.05, 0) is 36.8 Å². The highest BCUT2D eigenvalue weighted by atomic mass is 35.5. The van der Waals surface area contributed by atoms with Crippen LogP contribution in [0.25, 0.3) is 11.4 Å². The van der Waals surface area contributed by atoms with Crippen molar-refractivity contribution in [2.75, 3.05) is 0 Å². The van der Waals surface area contributed by atoms with Gasteiger partial charge in [0.25, 0.3) is 0 Å². The Morgan fingerprint density at radius 3 is 2.65 bits per heavy atom. The molecule has 23 heavy (non-hydrogen) atoms. The van der Waals surface area contributed by atoms with E-state index < -0.39 is 0 Å². The van der Waals surface area contributed by atoms with E-state index in [1.807, 2.05) is 19.1 Å². The number of hydrogen-bond donors (Lipinski definition) is 0. The van der Waals surface area contributed by atoms with E-state index in [1.54, 1.807) is 30.3 Å². The van der Waals surface area contributed by atoms with Crippen LogP contribution in [0.1, 0.15) is 11.3 Å². The quantitative estimate of drug-likeness (QED) is 0.688. The van der Waals surface area contributed by atoms with E-state index in [0.29, 0.717) is 16.7 Å². The number of hydrogen-bond acceptors (Lipinski definition) is 3. The van der Waals surface area contributed by atoms with Gasteiger partial charge in [0.05, 0.1) is 0 Å². The fourth-order valence-electron chi connectivity index (χ4n) is 2.15. The van der Waals surface area contributed by atoms with Crippen LogP contribution in [-0.2, 0) is 6.61 Å². The summed E-state index contributed by atoms with van der Waals surface area (Å²) in [4.78, 5) is 8.80. The van der Waals surface area contributed by atoms with E-state index in [4.69, 9.17) is 16.3 Å². The summed E-state index contributed by atoms with van der Waals surface area (Å²) < 4.78 is 18.9. The molecular formula is C18H14ClFN2O. The molecule has 0 fully saturated rings. The van der Waals surface area contributed by atoms with Crippen molar-refractivity contribution in [2.45, 2.75) is 13.5 Å². The number of halogens is 2. The summed E-state index contributed by atoms with van der Waals surface area (Å²) in [5.74, 6) is 0.697. The second-order valence-corrected chi connectivity index (χ2v) is 5.54. The molecule has 0 N–H and O–H groups in total. The summed E-state index contributed by atoms with van der Waals surface area (Å²) in [6, 6.07) is 15.4. The van der Waals surface area contributed by atoms with Crippen LogP contribution in [0, 0.1) is 12.7 Å². The number of rotatable bonds is 4. The van der Waals surface area contributed by atoms with Crippen molar-refractivity contribution >= 4 is 11.6 Å². The number of benzene rings is 2. The van der Waals surface area contributed by atoms with E-state index in [1.165, 1.54) is 12.1 Å². The van der Waals surface area contributed by atoms with Gasteiger partial charge in [-0.15, -0.1) is 0 Å². The predicted octanol–water partition coefficient (Wildman–Crippen LogP) is 4.82. The van der Waals surface area contributed by atoms with Gasteiger partial charge in [0.2, 0.25) is 5.88 Å². The van der Waals surface area contributed by atoms with Gasteiger partial charge in [-0.3, -0.25) is 0 Å². The second kappa shape index (κ2) is 6.75. The van der Waals surface area contributed by atoms with Crippen molar-refractivity contribution in [2.24, 2.45) is 0 Å². The van der Waals surface area contributed by atoms with Crippen LogP contribution < -0.4 is 4.74 Å². The molecule has 0 aliphatic heterocycles. The second-order valence-electron chi connectivity index (χ2n) is 5.10. The van der Waals surface area contributed by atoms with Crippen LogP contribution in [0.4, 0.5) is 4.39 Å². The van der Waals surface area contributed by atoms with Gasteiger partial charge < -0.3 is 4.74 Å². The molecule has 116 valence electrons. The van der Waals surface area contributed by atoms with Crippen LogP contribution in [0.5, 0.6) is 5.88 Å². The molecule has 0 unspecified atom stereocenters. The molecule has 0 bridgehead atoms. The Bertz CT molecular complexity index is 839. The molecule has 5 heteroatoms. The van der Waals surface area contributed by atoms with Crippen molar-refractivity contribution in [1.82, 2.24) is 9.97 Å². The summed E-state index contributed by atoms with van der Waals surface area (Å²) in [5.41, 5.74) is 2.34. The average molecular weight is 329 g/mol. The zero-order valence-corrected chi connectivity index (χ0v) is 13.2. The van der Waals surface area contributed by atoms with E-state index in [2.05, 4.69) is 9.97 Å². The Morgan fingerprint density at radius 1 is 1.04 bits per heavy atom. The molecule has 0 atom stereocenters. The molecule has 2 aromatic carbocycles. The minimum Gasteiger partial charge on any atom is -0.473 e. The van der Waals surface area contributed by atoms with Crippen molar-refractivity contribution in [3.63, 3.8) is 0 Å². The van der Waals surface area contributed by atoms with E-state index in [9.17, 15) is 4.39 Å².